The standard InChI is InChI=1S/C16H8F5NO/c17-11-6-8(16(19,20)21)5-10(15(11)18)13-7-14(23)9-3-1-2-4-12(9)22-13/h1-7H,(H,22,23). The van der Waals surface area contributed by atoms with Crippen molar-refractivity contribution < 1.29 is 22.0 Å². The Morgan fingerprint density at radius 3 is 2.35 bits per heavy atom. The van der Waals surface area contributed by atoms with Gasteiger partial charge < -0.3 is 4.98 Å². The quantitative estimate of drug-likeness (QED) is 0.657. The zero-order chi connectivity index (χ0) is 16.8. The van der Waals surface area contributed by atoms with Crippen LogP contribution >= 0.6 is 0 Å². The van der Waals surface area contributed by atoms with Gasteiger partial charge in [-0.1, -0.05) is 12.1 Å². The van der Waals surface area contributed by atoms with E-state index in [-0.39, 0.29) is 11.8 Å². The van der Waals surface area contributed by atoms with Crippen LogP contribution in [-0.4, -0.2) is 4.98 Å². The second kappa shape index (κ2) is 5.19. The maximum Gasteiger partial charge on any atom is 0.416 e. The number of aromatic nitrogens is 1. The highest BCUT2D eigenvalue weighted by molar-refractivity contribution is 5.81. The van der Waals surface area contributed by atoms with Gasteiger partial charge in [-0.2, -0.15) is 13.2 Å². The van der Waals surface area contributed by atoms with E-state index >= 15 is 0 Å². The lowest BCUT2D eigenvalue weighted by Crippen LogP contribution is -2.09. The number of H-pyrrole nitrogens is 1. The molecule has 0 atom stereocenters. The van der Waals surface area contributed by atoms with E-state index < -0.39 is 34.4 Å². The summed E-state index contributed by atoms with van der Waals surface area (Å²) in [4.78, 5) is 14.6. The van der Waals surface area contributed by atoms with E-state index in [0.29, 0.717) is 17.0 Å². The monoisotopic (exact) mass is 325 g/mol. The van der Waals surface area contributed by atoms with Crippen LogP contribution in [-0.2, 0) is 6.18 Å². The molecule has 0 saturated heterocycles. The minimum Gasteiger partial charge on any atom is -0.354 e. The number of aromatic amines is 1. The summed E-state index contributed by atoms with van der Waals surface area (Å²) in [5, 5.41) is 0.295. The van der Waals surface area contributed by atoms with Crippen LogP contribution in [0.15, 0.2) is 47.3 Å². The highest BCUT2D eigenvalue weighted by Crippen LogP contribution is 2.34. The van der Waals surface area contributed by atoms with Crippen LogP contribution in [0.2, 0.25) is 0 Å². The first-order valence-electron chi connectivity index (χ1n) is 6.46. The van der Waals surface area contributed by atoms with Crippen LogP contribution in [0.5, 0.6) is 0 Å². The third-order valence-corrected chi connectivity index (χ3v) is 3.38. The number of para-hydroxylation sites is 1. The summed E-state index contributed by atoms with van der Waals surface area (Å²) in [6.07, 6.45) is -4.83. The number of alkyl halides is 3. The molecule has 0 radical (unpaired) electrons. The van der Waals surface area contributed by atoms with Gasteiger partial charge in [-0.05, 0) is 24.3 Å². The Labute approximate surface area is 126 Å². The first-order chi connectivity index (χ1) is 10.8. The number of halogens is 5. The van der Waals surface area contributed by atoms with Gasteiger partial charge in [0.15, 0.2) is 17.1 Å². The average Bonchev–Trinajstić information content (AvgIpc) is 2.48. The SMILES string of the molecule is O=c1cc(-c2cc(C(F)(F)F)cc(F)c2F)[nH]c2ccccc12. The number of fused-ring (bicyclic) bond motifs is 1. The Bertz CT molecular complexity index is 959. The Morgan fingerprint density at radius 1 is 0.957 bits per heavy atom. The van der Waals surface area contributed by atoms with Gasteiger partial charge in [0.25, 0.3) is 0 Å². The van der Waals surface area contributed by atoms with Crippen molar-refractivity contribution in [3.63, 3.8) is 0 Å². The second-order valence-electron chi connectivity index (χ2n) is 4.91. The predicted octanol–water partition coefficient (Wildman–Crippen LogP) is 4.49. The minimum absolute atomic E-state index is 0.0813. The third-order valence-electron chi connectivity index (χ3n) is 3.38. The number of hydrogen-bond acceptors (Lipinski definition) is 1. The fraction of sp³-hybridized carbons (Fsp3) is 0.0625. The van der Waals surface area contributed by atoms with Crippen LogP contribution < -0.4 is 5.43 Å². The van der Waals surface area contributed by atoms with E-state index in [2.05, 4.69) is 4.98 Å². The van der Waals surface area contributed by atoms with Crippen molar-refractivity contribution in [1.29, 1.82) is 0 Å². The minimum atomic E-state index is -4.83. The lowest BCUT2D eigenvalue weighted by molar-refractivity contribution is -0.137. The highest BCUT2D eigenvalue weighted by Gasteiger charge is 2.33. The summed E-state index contributed by atoms with van der Waals surface area (Å²) in [6, 6.07) is 7.74. The van der Waals surface area contributed by atoms with E-state index in [1.54, 1.807) is 12.1 Å². The first-order valence-corrected chi connectivity index (χ1v) is 6.46. The Balaban J connectivity index is 2.30. The van der Waals surface area contributed by atoms with Gasteiger partial charge in [-0.15, -0.1) is 0 Å². The maximum absolute atomic E-state index is 13.9. The molecule has 2 aromatic carbocycles. The van der Waals surface area contributed by atoms with Crippen LogP contribution in [0.1, 0.15) is 5.56 Å². The molecule has 118 valence electrons. The van der Waals surface area contributed by atoms with Crippen LogP contribution in [0, 0.1) is 11.6 Å². The summed E-state index contributed by atoms with van der Waals surface area (Å²) in [5.41, 5.74) is -2.41. The van der Waals surface area contributed by atoms with E-state index in [1.807, 2.05) is 0 Å². The third kappa shape index (κ3) is 2.69. The molecule has 0 saturated carbocycles. The maximum atomic E-state index is 13.9. The van der Waals surface area contributed by atoms with Crippen molar-refractivity contribution in [2.75, 3.05) is 0 Å². The molecule has 0 spiro atoms. The molecule has 0 aliphatic carbocycles. The van der Waals surface area contributed by atoms with Gasteiger partial charge in [-0.3, -0.25) is 4.79 Å². The number of nitrogens with one attached hydrogen (secondary N) is 1. The van der Waals surface area contributed by atoms with Crippen LogP contribution in [0.25, 0.3) is 22.2 Å². The van der Waals surface area contributed by atoms with Crippen molar-refractivity contribution in [2.24, 2.45) is 0 Å². The molecule has 1 aromatic heterocycles. The lowest BCUT2D eigenvalue weighted by atomic mass is 10.0. The number of benzene rings is 2. The van der Waals surface area contributed by atoms with Crippen molar-refractivity contribution in [3.8, 4) is 11.3 Å². The van der Waals surface area contributed by atoms with Gasteiger partial charge in [0.1, 0.15) is 0 Å². The molecular weight excluding hydrogens is 317 g/mol. The fourth-order valence-corrected chi connectivity index (χ4v) is 2.29. The molecule has 0 aliphatic rings. The van der Waals surface area contributed by atoms with Gasteiger partial charge >= 0.3 is 6.18 Å². The molecule has 0 fully saturated rings. The van der Waals surface area contributed by atoms with Gasteiger partial charge in [0, 0.05) is 22.5 Å². The number of hydrogen-bond donors (Lipinski definition) is 1. The Kier molecular flexibility index (Phi) is 3.43. The summed E-state index contributed by atoms with van der Waals surface area (Å²) in [5.74, 6) is -3.09. The van der Waals surface area contributed by atoms with E-state index in [9.17, 15) is 26.7 Å². The van der Waals surface area contributed by atoms with E-state index in [4.69, 9.17) is 0 Å². The molecule has 0 bridgehead atoms. The molecule has 23 heavy (non-hydrogen) atoms. The van der Waals surface area contributed by atoms with Crippen molar-refractivity contribution >= 4 is 10.9 Å². The summed E-state index contributed by atoms with van der Waals surface area (Å²) >= 11 is 0. The van der Waals surface area contributed by atoms with Gasteiger partial charge in [0.05, 0.1) is 11.3 Å². The number of pyridine rings is 1. The molecule has 1 N–H and O–H groups in total. The largest absolute Gasteiger partial charge is 0.416 e. The van der Waals surface area contributed by atoms with Crippen LogP contribution in [0.3, 0.4) is 0 Å². The van der Waals surface area contributed by atoms with Gasteiger partial charge in [0.2, 0.25) is 0 Å². The zero-order valence-electron chi connectivity index (χ0n) is 11.3. The Hall–Kier alpha value is -2.70. The zero-order valence-corrected chi connectivity index (χ0v) is 11.3. The Morgan fingerprint density at radius 2 is 1.65 bits per heavy atom. The summed E-state index contributed by atoms with van der Waals surface area (Å²) < 4.78 is 65.7. The lowest BCUT2D eigenvalue weighted by Gasteiger charge is -2.11. The average molecular weight is 325 g/mol. The second-order valence-corrected chi connectivity index (χ2v) is 4.91. The highest BCUT2D eigenvalue weighted by atomic mass is 19.4. The first kappa shape index (κ1) is 15.2. The summed E-state index contributed by atoms with van der Waals surface area (Å²) in [7, 11) is 0. The van der Waals surface area contributed by atoms with Gasteiger partial charge in [-0.25, -0.2) is 8.78 Å². The van der Waals surface area contributed by atoms with Crippen LogP contribution in [0.4, 0.5) is 22.0 Å². The predicted molar refractivity (Wildman–Crippen MR) is 74.9 cm³/mol. The molecule has 3 aromatic rings. The normalized spacial score (nSPS) is 11.9. The van der Waals surface area contributed by atoms with Crippen molar-refractivity contribution in [3.05, 3.63) is 69.9 Å². The smallest absolute Gasteiger partial charge is 0.354 e. The molecule has 0 amide bonds. The van der Waals surface area contributed by atoms with Crippen molar-refractivity contribution in [2.45, 2.75) is 6.18 Å². The summed E-state index contributed by atoms with van der Waals surface area (Å²) in [6.45, 7) is 0. The molecule has 0 aliphatic heterocycles. The molecule has 3 rings (SSSR count). The van der Waals surface area contributed by atoms with E-state index in [0.717, 1.165) is 6.07 Å². The molecular formula is C16H8F5NO. The molecule has 2 nitrogen and oxygen atoms in total. The molecule has 7 heteroatoms. The fourth-order valence-electron chi connectivity index (χ4n) is 2.29. The topological polar surface area (TPSA) is 32.9 Å². The molecule has 1 heterocycles. The number of rotatable bonds is 1. The van der Waals surface area contributed by atoms with Crippen molar-refractivity contribution in [1.82, 2.24) is 4.98 Å². The van der Waals surface area contributed by atoms with E-state index in [1.165, 1.54) is 12.1 Å². The molecule has 0 unspecified atom stereocenters.